The number of aliphatic hydroxyl groups is 2. The number of likely N-dealkylation sites (N-methyl/N-ethyl adjacent to an activating group) is 1. The number of anilines is 1. The molecule has 4 rings (SSSR count). The van der Waals surface area contributed by atoms with E-state index in [1.165, 1.54) is 24.3 Å². The van der Waals surface area contributed by atoms with Crippen molar-refractivity contribution in [3.05, 3.63) is 43.6 Å². The zero-order valence-corrected chi connectivity index (χ0v) is 20.0. The lowest BCUT2D eigenvalue weighted by Crippen LogP contribution is -2.41. The van der Waals surface area contributed by atoms with Gasteiger partial charge in [-0.25, -0.2) is 15.0 Å². The number of carbonyl (C=O) groups excluding carboxylic acids is 1. The minimum atomic E-state index is -1.37. The second-order valence-corrected chi connectivity index (χ2v) is 9.21. The number of carbonyl (C=O) groups is 1. The number of nitrogens with zero attached hydrogens (tertiary/aromatic N) is 4. The Morgan fingerprint density at radius 3 is 2.60 bits per heavy atom. The molecule has 1 aliphatic rings. The Bertz CT molecular complexity index is 1070. The van der Waals surface area contributed by atoms with Crippen LogP contribution in [0.2, 0.25) is 0 Å². The summed E-state index contributed by atoms with van der Waals surface area (Å²) >= 11 is 4.55. The van der Waals surface area contributed by atoms with Gasteiger partial charge in [-0.05, 0) is 68.9 Å². The number of nitrogens with one attached hydrogen (secondary N) is 2. The molecule has 2 aromatic heterocycles. The summed E-state index contributed by atoms with van der Waals surface area (Å²) in [5, 5.41) is 26.3. The van der Waals surface area contributed by atoms with E-state index in [-0.39, 0.29) is 0 Å². The summed E-state index contributed by atoms with van der Waals surface area (Å²) in [5.74, 6) is 0.0149. The largest absolute Gasteiger partial charge is 0.387 e. The Balaban J connectivity index is 1.60. The fraction of sp³-hybridized carbons (Fsp3) is 0.333. The molecule has 3 aromatic rings. The van der Waals surface area contributed by atoms with Gasteiger partial charge in [0.1, 0.15) is 18.5 Å². The number of amides is 1. The number of ether oxygens (including phenoxy) is 1. The molecular weight excluding hydrogens is 618 g/mol. The number of fused-ring (bicyclic) bond motifs is 1. The Morgan fingerprint density at radius 1 is 1.17 bits per heavy atom. The molecule has 1 saturated heterocycles. The maximum atomic E-state index is 11.9. The number of aromatic nitrogens is 4. The van der Waals surface area contributed by atoms with Gasteiger partial charge in [-0.1, -0.05) is 0 Å². The maximum Gasteiger partial charge on any atom is 0.251 e. The van der Waals surface area contributed by atoms with Gasteiger partial charge in [-0.15, -0.1) is 0 Å². The number of aliphatic hydroxyl groups excluding tert-OH is 2. The molecule has 0 bridgehead atoms. The maximum absolute atomic E-state index is 11.9. The smallest absolute Gasteiger partial charge is 0.251 e. The molecule has 4 N–H and O–H groups in total. The fourth-order valence-electron chi connectivity index (χ4n) is 3.31. The lowest BCUT2D eigenvalue weighted by Gasteiger charge is -2.16. The molecule has 1 aromatic carbocycles. The number of imidazole rings is 1. The van der Waals surface area contributed by atoms with Gasteiger partial charge in [-0.3, -0.25) is 9.36 Å². The van der Waals surface area contributed by atoms with Gasteiger partial charge in [0.05, 0.1) is 6.33 Å². The first kappa shape index (κ1) is 21.6. The Kier molecular flexibility index (Phi) is 6.38. The van der Waals surface area contributed by atoms with E-state index in [4.69, 9.17) is 4.74 Å². The number of rotatable bonds is 5. The van der Waals surface area contributed by atoms with Gasteiger partial charge in [0.15, 0.2) is 29.3 Å². The van der Waals surface area contributed by atoms with Crippen LogP contribution in [0.3, 0.4) is 0 Å². The van der Waals surface area contributed by atoms with Crippen LogP contribution in [0, 0.1) is 7.14 Å². The minimum Gasteiger partial charge on any atom is -0.387 e. The summed E-state index contributed by atoms with van der Waals surface area (Å²) in [6.07, 6.45) is -2.04. The van der Waals surface area contributed by atoms with E-state index in [0.717, 1.165) is 12.7 Å². The summed E-state index contributed by atoms with van der Waals surface area (Å²) in [7, 11) is 1.44. The molecule has 0 spiro atoms. The van der Waals surface area contributed by atoms with Crippen molar-refractivity contribution in [1.82, 2.24) is 24.8 Å². The Morgan fingerprint density at radius 2 is 1.90 bits per heavy atom. The van der Waals surface area contributed by atoms with Crippen molar-refractivity contribution in [3.8, 4) is 0 Å². The monoisotopic (exact) mass is 636 g/mol. The van der Waals surface area contributed by atoms with Crippen LogP contribution >= 0.6 is 45.2 Å². The highest BCUT2D eigenvalue weighted by Gasteiger charge is 2.47. The summed E-state index contributed by atoms with van der Waals surface area (Å²) in [5.41, 5.74) is 2.01. The van der Waals surface area contributed by atoms with Crippen molar-refractivity contribution in [1.29, 1.82) is 0 Å². The first-order valence-electron chi connectivity index (χ1n) is 8.98. The molecule has 3 heterocycles. The molecule has 0 saturated carbocycles. The van der Waals surface area contributed by atoms with Gasteiger partial charge in [0.25, 0.3) is 5.91 Å². The van der Waals surface area contributed by atoms with Gasteiger partial charge in [0.2, 0.25) is 0 Å². The molecule has 1 fully saturated rings. The van der Waals surface area contributed by atoms with Crippen LogP contribution in [0.15, 0.2) is 30.9 Å². The molecule has 1 aliphatic heterocycles. The minimum absolute atomic E-state index is 0.415. The average Bonchev–Trinajstić information content (AvgIpc) is 3.27. The Hall–Kier alpha value is -1.62. The highest BCUT2D eigenvalue weighted by Crippen LogP contribution is 2.32. The topological polar surface area (TPSA) is 134 Å². The van der Waals surface area contributed by atoms with Gasteiger partial charge in [0, 0.05) is 20.7 Å². The quantitative estimate of drug-likeness (QED) is 0.306. The van der Waals surface area contributed by atoms with Crippen LogP contribution < -0.4 is 10.6 Å². The third kappa shape index (κ3) is 4.10. The summed E-state index contributed by atoms with van der Waals surface area (Å²) in [4.78, 5) is 24.8. The normalized spacial score (nSPS) is 23.6. The molecule has 158 valence electrons. The third-order valence-electron chi connectivity index (χ3n) is 4.76. The van der Waals surface area contributed by atoms with Crippen LogP contribution in [0.1, 0.15) is 11.8 Å². The van der Waals surface area contributed by atoms with E-state index in [0.29, 0.717) is 23.5 Å². The summed E-state index contributed by atoms with van der Waals surface area (Å²) < 4.78 is 9.40. The van der Waals surface area contributed by atoms with Crippen LogP contribution in [-0.4, -0.2) is 61.0 Å². The van der Waals surface area contributed by atoms with E-state index in [1.54, 1.807) is 0 Å². The lowest BCUT2D eigenvalue weighted by atomic mass is 10.1. The zero-order chi connectivity index (χ0) is 21.4. The van der Waals surface area contributed by atoms with Crippen molar-refractivity contribution >= 4 is 68.1 Å². The van der Waals surface area contributed by atoms with Crippen LogP contribution in [0.5, 0.6) is 0 Å². The molecule has 4 atom stereocenters. The summed E-state index contributed by atoms with van der Waals surface area (Å²) in [6.45, 7) is 0.547. The second kappa shape index (κ2) is 8.86. The van der Waals surface area contributed by atoms with Crippen molar-refractivity contribution in [2.75, 3.05) is 12.4 Å². The third-order valence-corrected chi connectivity index (χ3v) is 6.00. The van der Waals surface area contributed by atoms with E-state index in [2.05, 4.69) is 89.0 Å². The predicted octanol–water partition coefficient (Wildman–Crippen LogP) is 1.01. The average molecular weight is 636 g/mol. The number of benzene rings is 1. The molecule has 0 aliphatic carbocycles. The lowest BCUT2D eigenvalue weighted by molar-refractivity contribution is -0.137. The standard InChI is InChI=1S/C18H18I2N6O4/c1-21-17(29)14-12(27)13(28)18(30-14)26-7-25-11-15(23-6-24-16(11)26)22-5-8-2-9(19)4-10(20)3-8/h2-4,6-7,12-14,18,27-28H,5H2,1H3,(H,21,29)(H,22,23,24)/t12-,13+,14-,18+/m0/s1. The van der Waals surface area contributed by atoms with Crippen molar-refractivity contribution in [3.63, 3.8) is 0 Å². The molecular formula is C18H18I2N6O4. The molecule has 12 heteroatoms. The highest BCUT2D eigenvalue weighted by atomic mass is 127. The summed E-state index contributed by atoms with van der Waals surface area (Å²) in [6, 6.07) is 6.24. The predicted molar refractivity (Wildman–Crippen MR) is 125 cm³/mol. The van der Waals surface area contributed by atoms with E-state index in [1.807, 2.05) is 0 Å². The van der Waals surface area contributed by atoms with Gasteiger partial charge < -0.3 is 25.6 Å². The van der Waals surface area contributed by atoms with Crippen LogP contribution in [0.25, 0.3) is 11.2 Å². The van der Waals surface area contributed by atoms with Crippen molar-refractivity contribution in [2.24, 2.45) is 0 Å². The van der Waals surface area contributed by atoms with Gasteiger partial charge in [-0.2, -0.15) is 0 Å². The molecule has 0 unspecified atom stereocenters. The molecule has 10 nitrogen and oxygen atoms in total. The van der Waals surface area contributed by atoms with Crippen LogP contribution in [0.4, 0.5) is 5.82 Å². The number of hydrogen-bond acceptors (Lipinski definition) is 8. The molecule has 0 radical (unpaired) electrons. The fourth-order valence-corrected chi connectivity index (χ4v) is 5.38. The van der Waals surface area contributed by atoms with E-state index in [9.17, 15) is 15.0 Å². The highest BCUT2D eigenvalue weighted by molar-refractivity contribution is 14.1. The van der Waals surface area contributed by atoms with Crippen molar-refractivity contribution in [2.45, 2.75) is 31.1 Å². The second-order valence-electron chi connectivity index (χ2n) is 6.72. The first-order valence-corrected chi connectivity index (χ1v) is 11.1. The molecule has 30 heavy (non-hydrogen) atoms. The van der Waals surface area contributed by atoms with Gasteiger partial charge >= 0.3 is 0 Å². The number of halogens is 2. The Labute approximate surface area is 198 Å². The zero-order valence-electron chi connectivity index (χ0n) is 15.7. The van der Waals surface area contributed by atoms with Crippen molar-refractivity contribution < 1.29 is 19.7 Å². The molecule has 1 amide bonds. The number of hydrogen-bond donors (Lipinski definition) is 4. The van der Waals surface area contributed by atoms with E-state index < -0.39 is 30.4 Å². The SMILES string of the molecule is CNC(=O)[C@H]1O[C@@H](n2cnc3c(NCc4cc(I)cc(I)c4)ncnc32)[C@H](O)[C@@H]1O. The first-order chi connectivity index (χ1) is 14.4. The van der Waals surface area contributed by atoms with E-state index >= 15 is 0 Å². The van der Waals surface area contributed by atoms with Crippen LogP contribution in [-0.2, 0) is 16.1 Å².